The van der Waals surface area contributed by atoms with E-state index >= 15 is 0 Å². The Kier molecular flexibility index (Phi) is 2.96. The second-order valence-corrected chi connectivity index (χ2v) is 4.02. The summed E-state index contributed by atoms with van der Waals surface area (Å²) in [6.07, 6.45) is 0. The minimum atomic E-state index is -0.539. The van der Waals surface area contributed by atoms with Gasteiger partial charge in [0.15, 0.2) is 0 Å². The Bertz CT molecular complexity index is 310. The van der Waals surface area contributed by atoms with Gasteiger partial charge in [-0.1, -0.05) is 29.3 Å². The Hall–Kier alpha value is -0.570. The first-order valence-corrected chi connectivity index (χ1v) is 4.49. The van der Waals surface area contributed by atoms with E-state index in [0.717, 1.165) is 11.1 Å². The van der Waals surface area contributed by atoms with Crippen LogP contribution in [0.2, 0.25) is 5.02 Å². The Balaban J connectivity index is 3.20. The van der Waals surface area contributed by atoms with E-state index in [-0.39, 0.29) is 0 Å². The van der Waals surface area contributed by atoms with Gasteiger partial charge < -0.3 is 0 Å². The van der Waals surface area contributed by atoms with Crippen LogP contribution in [-0.2, 0) is 10.4 Å². The maximum atomic E-state index is 6.02. The Labute approximate surface area is 83.6 Å². The molecule has 0 saturated heterocycles. The van der Waals surface area contributed by atoms with Crippen molar-refractivity contribution in [1.82, 2.24) is 0 Å². The molecule has 0 fully saturated rings. The normalized spacial score (nSPS) is 11.8. The molecular formula is C10H14ClNO. The lowest BCUT2D eigenvalue weighted by atomic mass is 9.97. The first kappa shape index (κ1) is 10.5. The highest BCUT2D eigenvalue weighted by molar-refractivity contribution is 6.31. The van der Waals surface area contributed by atoms with E-state index in [1.165, 1.54) is 0 Å². The average molecular weight is 200 g/mol. The lowest BCUT2D eigenvalue weighted by molar-refractivity contribution is -0.0235. The van der Waals surface area contributed by atoms with Crippen LogP contribution in [0.25, 0.3) is 0 Å². The van der Waals surface area contributed by atoms with E-state index in [1.54, 1.807) is 0 Å². The lowest BCUT2D eigenvalue weighted by Crippen LogP contribution is -2.25. The van der Waals surface area contributed by atoms with Crippen molar-refractivity contribution in [2.75, 3.05) is 0 Å². The molecule has 3 heteroatoms. The maximum absolute atomic E-state index is 6.02. The lowest BCUT2D eigenvalue weighted by Gasteiger charge is -2.23. The molecule has 2 nitrogen and oxygen atoms in total. The molecule has 13 heavy (non-hydrogen) atoms. The number of benzene rings is 1. The molecule has 0 unspecified atom stereocenters. The van der Waals surface area contributed by atoms with E-state index < -0.39 is 5.60 Å². The van der Waals surface area contributed by atoms with Crippen LogP contribution in [0.3, 0.4) is 0 Å². The van der Waals surface area contributed by atoms with Crippen molar-refractivity contribution in [2.45, 2.75) is 26.4 Å². The number of nitrogens with two attached hydrogens (primary N) is 1. The van der Waals surface area contributed by atoms with Gasteiger partial charge in [-0.15, -0.1) is 0 Å². The molecule has 0 saturated carbocycles. The van der Waals surface area contributed by atoms with Crippen molar-refractivity contribution < 1.29 is 4.84 Å². The Morgan fingerprint density at radius 1 is 1.38 bits per heavy atom. The van der Waals surface area contributed by atoms with Gasteiger partial charge in [-0.2, -0.15) is 0 Å². The fourth-order valence-corrected chi connectivity index (χ4v) is 1.51. The van der Waals surface area contributed by atoms with Gasteiger partial charge in [0.1, 0.15) is 5.60 Å². The summed E-state index contributed by atoms with van der Waals surface area (Å²) in [6.45, 7) is 5.77. The smallest absolute Gasteiger partial charge is 0.110 e. The van der Waals surface area contributed by atoms with Crippen LogP contribution in [0.1, 0.15) is 25.0 Å². The average Bonchev–Trinajstić information content (AvgIpc) is 2.09. The highest BCUT2D eigenvalue weighted by Gasteiger charge is 2.23. The van der Waals surface area contributed by atoms with Crippen LogP contribution in [0.5, 0.6) is 0 Å². The van der Waals surface area contributed by atoms with Gasteiger partial charge in [-0.05, 0) is 26.8 Å². The summed E-state index contributed by atoms with van der Waals surface area (Å²) in [4.78, 5) is 4.88. The zero-order valence-corrected chi connectivity index (χ0v) is 8.85. The third-order valence-corrected chi connectivity index (χ3v) is 2.39. The monoisotopic (exact) mass is 199 g/mol. The minimum absolute atomic E-state index is 0.539. The van der Waals surface area contributed by atoms with Gasteiger partial charge in [-0.25, -0.2) is 5.90 Å². The fraction of sp³-hybridized carbons (Fsp3) is 0.400. The highest BCUT2D eigenvalue weighted by atomic mass is 35.5. The van der Waals surface area contributed by atoms with Crippen LogP contribution in [0, 0.1) is 6.92 Å². The molecule has 0 aromatic heterocycles. The molecule has 0 aliphatic heterocycles. The summed E-state index contributed by atoms with van der Waals surface area (Å²) in [6, 6.07) is 5.79. The zero-order chi connectivity index (χ0) is 10.1. The summed E-state index contributed by atoms with van der Waals surface area (Å²) >= 11 is 6.02. The molecule has 2 N–H and O–H groups in total. The van der Waals surface area contributed by atoms with Crippen molar-refractivity contribution in [3.63, 3.8) is 0 Å². The summed E-state index contributed by atoms with van der Waals surface area (Å²) in [7, 11) is 0. The molecule has 0 amide bonds. The summed E-state index contributed by atoms with van der Waals surface area (Å²) < 4.78 is 0. The van der Waals surface area contributed by atoms with Crippen molar-refractivity contribution >= 4 is 11.6 Å². The summed E-state index contributed by atoms with van der Waals surface area (Å²) in [5, 5.41) is 0.682. The van der Waals surface area contributed by atoms with Crippen molar-refractivity contribution in [1.29, 1.82) is 0 Å². The molecule has 1 aromatic carbocycles. The Morgan fingerprint density at radius 2 is 2.00 bits per heavy atom. The van der Waals surface area contributed by atoms with Crippen molar-refractivity contribution in [2.24, 2.45) is 5.90 Å². The summed E-state index contributed by atoms with van der Waals surface area (Å²) in [5.74, 6) is 5.20. The van der Waals surface area contributed by atoms with Crippen LogP contribution in [-0.4, -0.2) is 0 Å². The maximum Gasteiger partial charge on any atom is 0.110 e. The second-order valence-electron chi connectivity index (χ2n) is 3.61. The molecule has 1 rings (SSSR count). The molecule has 0 aliphatic carbocycles. The molecule has 0 bridgehead atoms. The van der Waals surface area contributed by atoms with Gasteiger partial charge in [0.25, 0.3) is 0 Å². The highest BCUT2D eigenvalue weighted by Crippen LogP contribution is 2.30. The number of aryl methyl sites for hydroxylation is 1. The van der Waals surface area contributed by atoms with Crippen LogP contribution < -0.4 is 5.90 Å². The number of rotatable bonds is 2. The number of hydrogen-bond donors (Lipinski definition) is 1. The summed E-state index contributed by atoms with van der Waals surface area (Å²) in [5.41, 5.74) is 1.52. The molecule has 0 heterocycles. The van der Waals surface area contributed by atoms with Crippen LogP contribution in [0.4, 0.5) is 0 Å². The van der Waals surface area contributed by atoms with Gasteiger partial charge in [-0.3, -0.25) is 4.84 Å². The number of halogens is 1. The van der Waals surface area contributed by atoms with Gasteiger partial charge in [0.2, 0.25) is 0 Å². The van der Waals surface area contributed by atoms with Crippen molar-refractivity contribution in [3.8, 4) is 0 Å². The zero-order valence-electron chi connectivity index (χ0n) is 8.10. The molecular weight excluding hydrogens is 186 g/mol. The van der Waals surface area contributed by atoms with Crippen LogP contribution >= 0.6 is 11.6 Å². The van der Waals surface area contributed by atoms with E-state index in [2.05, 4.69) is 0 Å². The van der Waals surface area contributed by atoms with E-state index in [1.807, 2.05) is 39.0 Å². The number of hydrogen-bond acceptors (Lipinski definition) is 2. The standard InChI is InChI=1S/C10H14ClNO/c1-7-4-5-9(11)8(6-7)10(2,3)13-12/h4-6H,12H2,1-3H3. The third kappa shape index (κ3) is 2.21. The Morgan fingerprint density at radius 3 is 2.54 bits per heavy atom. The fourth-order valence-electron chi connectivity index (χ4n) is 1.16. The van der Waals surface area contributed by atoms with E-state index in [4.69, 9.17) is 22.3 Å². The van der Waals surface area contributed by atoms with Gasteiger partial charge in [0.05, 0.1) is 0 Å². The third-order valence-electron chi connectivity index (χ3n) is 2.07. The quantitative estimate of drug-likeness (QED) is 0.744. The minimum Gasteiger partial charge on any atom is -0.294 e. The molecule has 0 atom stereocenters. The van der Waals surface area contributed by atoms with E-state index in [0.29, 0.717) is 5.02 Å². The van der Waals surface area contributed by atoms with Gasteiger partial charge in [0, 0.05) is 10.6 Å². The topological polar surface area (TPSA) is 35.2 Å². The molecule has 72 valence electrons. The predicted molar refractivity (Wildman–Crippen MR) is 54.5 cm³/mol. The first-order valence-electron chi connectivity index (χ1n) is 4.12. The van der Waals surface area contributed by atoms with Crippen molar-refractivity contribution in [3.05, 3.63) is 34.3 Å². The van der Waals surface area contributed by atoms with E-state index in [9.17, 15) is 0 Å². The SMILES string of the molecule is Cc1ccc(Cl)c(C(C)(C)ON)c1. The largest absolute Gasteiger partial charge is 0.294 e. The van der Waals surface area contributed by atoms with Gasteiger partial charge >= 0.3 is 0 Å². The predicted octanol–water partition coefficient (Wildman–Crippen LogP) is 2.77. The molecule has 0 aliphatic rings. The first-order chi connectivity index (χ1) is 5.97. The second kappa shape index (κ2) is 3.66. The van der Waals surface area contributed by atoms with Crippen LogP contribution in [0.15, 0.2) is 18.2 Å². The molecule has 0 spiro atoms. The molecule has 0 radical (unpaired) electrons. The molecule has 1 aromatic rings.